The van der Waals surface area contributed by atoms with Crippen molar-refractivity contribution < 1.29 is 9.59 Å². The lowest BCUT2D eigenvalue weighted by Gasteiger charge is -2.25. The lowest BCUT2D eigenvalue weighted by atomic mass is 9.92. The van der Waals surface area contributed by atoms with Crippen LogP contribution in [0.2, 0.25) is 0 Å². The minimum Gasteiger partial charge on any atom is -0.326 e. The van der Waals surface area contributed by atoms with E-state index in [0.29, 0.717) is 12.2 Å². The minimum absolute atomic E-state index is 0.00552. The van der Waals surface area contributed by atoms with Crippen LogP contribution in [0.5, 0.6) is 0 Å². The molecule has 0 unspecified atom stereocenters. The maximum Gasteiger partial charge on any atom is 0.238 e. The molecule has 2 aromatic rings. The second kappa shape index (κ2) is 8.00. The second-order valence-electron chi connectivity index (χ2n) is 8.68. The molecule has 0 radical (unpaired) electrons. The first-order valence-electron chi connectivity index (χ1n) is 9.54. The molecule has 0 aromatic heterocycles. The number of rotatable bonds is 4. The van der Waals surface area contributed by atoms with Crippen LogP contribution in [-0.2, 0) is 9.59 Å². The predicted molar refractivity (Wildman–Crippen MR) is 118 cm³/mol. The lowest BCUT2D eigenvalue weighted by molar-refractivity contribution is -0.118. The molecule has 4 nitrogen and oxygen atoms in total. The van der Waals surface area contributed by atoms with Crippen molar-refractivity contribution in [2.75, 3.05) is 16.0 Å². The van der Waals surface area contributed by atoms with Gasteiger partial charge in [0.25, 0.3) is 0 Å². The van der Waals surface area contributed by atoms with Gasteiger partial charge in [-0.1, -0.05) is 39.0 Å². The van der Waals surface area contributed by atoms with E-state index in [-0.39, 0.29) is 22.6 Å². The van der Waals surface area contributed by atoms with Gasteiger partial charge in [-0.25, -0.2) is 0 Å². The Hall–Kier alpha value is -2.27. The van der Waals surface area contributed by atoms with Crippen LogP contribution in [0.15, 0.2) is 42.5 Å². The molecule has 1 atom stereocenters. The summed E-state index contributed by atoms with van der Waals surface area (Å²) in [6.07, 6.45) is 0.461. The normalized spacial score (nSPS) is 17.1. The monoisotopic (exact) mass is 396 g/mol. The molecule has 28 heavy (non-hydrogen) atoms. The van der Waals surface area contributed by atoms with Crippen LogP contribution in [0.4, 0.5) is 11.4 Å². The van der Waals surface area contributed by atoms with E-state index in [1.54, 1.807) is 11.8 Å². The van der Waals surface area contributed by atoms with Crippen LogP contribution in [0, 0.1) is 19.3 Å². The summed E-state index contributed by atoms with van der Waals surface area (Å²) in [7, 11) is 0. The molecule has 2 aromatic carbocycles. The van der Waals surface area contributed by atoms with Gasteiger partial charge in [0.2, 0.25) is 11.8 Å². The van der Waals surface area contributed by atoms with E-state index in [1.807, 2.05) is 63.8 Å². The van der Waals surface area contributed by atoms with Gasteiger partial charge >= 0.3 is 0 Å². The maximum absolute atomic E-state index is 12.6. The number of thioether (sulfide) groups is 1. The summed E-state index contributed by atoms with van der Waals surface area (Å²) in [4.78, 5) is 26.8. The van der Waals surface area contributed by atoms with Gasteiger partial charge in [0.15, 0.2) is 0 Å². The van der Waals surface area contributed by atoms with Crippen molar-refractivity contribution >= 4 is 35.0 Å². The van der Waals surface area contributed by atoms with Gasteiger partial charge in [-0.3, -0.25) is 14.5 Å². The summed E-state index contributed by atoms with van der Waals surface area (Å²) in [5, 5.41) is 2.91. The molecule has 0 saturated carbocycles. The first-order chi connectivity index (χ1) is 13.1. The minimum atomic E-state index is -0.0897. The third kappa shape index (κ3) is 4.96. The van der Waals surface area contributed by atoms with E-state index in [9.17, 15) is 9.59 Å². The Balaban J connectivity index is 1.86. The quantitative estimate of drug-likeness (QED) is 0.747. The van der Waals surface area contributed by atoms with Crippen LogP contribution in [-0.4, -0.2) is 17.6 Å². The summed E-state index contributed by atoms with van der Waals surface area (Å²) in [6.45, 7) is 10.2. The topological polar surface area (TPSA) is 49.4 Å². The molecule has 5 heteroatoms. The van der Waals surface area contributed by atoms with E-state index in [0.717, 1.165) is 28.1 Å². The van der Waals surface area contributed by atoms with Gasteiger partial charge in [-0.05, 0) is 60.2 Å². The molecule has 148 valence electrons. The molecule has 1 N–H and O–H groups in total. The maximum atomic E-state index is 12.6. The van der Waals surface area contributed by atoms with Crippen molar-refractivity contribution in [3.63, 3.8) is 0 Å². The zero-order chi connectivity index (χ0) is 20.5. The van der Waals surface area contributed by atoms with Gasteiger partial charge < -0.3 is 5.32 Å². The molecule has 1 aliphatic rings. The van der Waals surface area contributed by atoms with E-state index in [2.05, 4.69) is 23.5 Å². The third-order valence-electron chi connectivity index (χ3n) is 4.50. The zero-order valence-corrected chi connectivity index (χ0v) is 18.0. The Bertz CT molecular complexity index is 881. The van der Waals surface area contributed by atoms with E-state index in [4.69, 9.17) is 0 Å². The molecule has 0 spiro atoms. The highest BCUT2D eigenvalue weighted by atomic mass is 32.2. The number of benzene rings is 2. The Morgan fingerprint density at radius 3 is 2.46 bits per heavy atom. The summed E-state index contributed by atoms with van der Waals surface area (Å²) in [5.41, 5.74) is 4.94. The number of aryl methyl sites for hydroxylation is 2. The summed E-state index contributed by atoms with van der Waals surface area (Å²) in [5.74, 6) is 0.575. The Morgan fingerprint density at radius 2 is 1.82 bits per heavy atom. The molecular formula is C23H28N2O2S. The number of amides is 2. The Morgan fingerprint density at radius 1 is 1.14 bits per heavy atom. The van der Waals surface area contributed by atoms with Gasteiger partial charge in [0.05, 0.1) is 5.75 Å². The van der Waals surface area contributed by atoms with Crippen LogP contribution >= 0.6 is 11.8 Å². The van der Waals surface area contributed by atoms with Gasteiger partial charge in [0, 0.05) is 17.8 Å². The number of nitrogens with one attached hydrogen (secondary N) is 1. The SMILES string of the molecule is Cc1cc(C)cc(N2C(=O)CS[C@H]2c2cccc(NC(=O)CC(C)(C)C)c2)c1. The van der Waals surface area contributed by atoms with Crippen LogP contribution < -0.4 is 10.2 Å². The highest BCUT2D eigenvalue weighted by Crippen LogP contribution is 2.42. The van der Waals surface area contributed by atoms with Crippen molar-refractivity contribution in [2.45, 2.75) is 46.4 Å². The summed E-state index contributed by atoms with van der Waals surface area (Å²) >= 11 is 1.62. The smallest absolute Gasteiger partial charge is 0.238 e. The lowest BCUT2D eigenvalue weighted by Crippen LogP contribution is -2.28. The first-order valence-corrected chi connectivity index (χ1v) is 10.6. The molecule has 1 heterocycles. The molecular weight excluding hydrogens is 368 g/mol. The average Bonchev–Trinajstić information content (AvgIpc) is 2.94. The summed E-state index contributed by atoms with van der Waals surface area (Å²) < 4.78 is 0. The van der Waals surface area contributed by atoms with Gasteiger partial charge in [-0.15, -0.1) is 11.8 Å². The molecule has 0 aliphatic carbocycles. The van der Waals surface area contributed by atoms with E-state index < -0.39 is 0 Å². The number of hydrogen-bond acceptors (Lipinski definition) is 3. The van der Waals surface area contributed by atoms with Gasteiger partial charge in [-0.2, -0.15) is 0 Å². The first kappa shape index (κ1) is 20.5. The Labute approximate surface area is 171 Å². The molecule has 3 rings (SSSR count). The largest absolute Gasteiger partial charge is 0.326 e. The number of nitrogens with zero attached hydrogens (tertiary/aromatic N) is 1. The number of hydrogen-bond donors (Lipinski definition) is 1. The molecule has 1 fully saturated rings. The van der Waals surface area contributed by atoms with Crippen LogP contribution in [0.25, 0.3) is 0 Å². The summed E-state index contributed by atoms with van der Waals surface area (Å²) in [6, 6.07) is 14.0. The molecule has 0 bridgehead atoms. The molecule has 1 aliphatic heterocycles. The molecule has 2 amide bonds. The van der Waals surface area contributed by atoms with Crippen LogP contribution in [0.3, 0.4) is 0 Å². The standard InChI is InChI=1S/C23H28N2O2S/c1-15-9-16(2)11-19(10-15)25-21(27)14-28-22(25)17-7-6-8-18(12-17)24-20(26)13-23(3,4)5/h6-12,22H,13-14H2,1-5H3,(H,24,26)/t22-/m0/s1. The third-order valence-corrected chi connectivity index (χ3v) is 5.71. The zero-order valence-electron chi connectivity index (χ0n) is 17.2. The van der Waals surface area contributed by atoms with Crippen LogP contribution in [0.1, 0.15) is 49.3 Å². The average molecular weight is 397 g/mol. The van der Waals surface area contributed by atoms with E-state index >= 15 is 0 Å². The van der Waals surface area contributed by atoms with E-state index in [1.165, 1.54) is 0 Å². The Kier molecular flexibility index (Phi) is 5.84. The predicted octanol–water partition coefficient (Wildman–Crippen LogP) is 5.46. The number of carbonyl (C=O) groups excluding carboxylic acids is 2. The number of carbonyl (C=O) groups is 2. The van der Waals surface area contributed by atoms with Crippen molar-refractivity contribution in [3.05, 3.63) is 59.2 Å². The fraction of sp³-hybridized carbons (Fsp3) is 0.391. The molecule has 1 saturated heterocycles. The highest BCUT2D eigenvalue weighted by molar-refractivity contribution is 8.00. The van der Waals surface area contributed by atoms with Crippen molar-refractivity contribution in [3.8, 4) is 0 Å². The second-order valence-corrected chi connectivity index (χ2v) is 9.75. The van der Waals surface area contributed by atoms with Crippen molar-refractivity contribution in [2.24, 2.45) is 5.41 Å². The van der Waals surface area contributed by atoms with Gasteiger partial charge in [0.1, 0.15) is 5.37 Å². The van der Waals surface area contributed by atoms with Crippen molar-refractivity contribution in [1.82, 2.24) is 0 Å². The fourth-order valence-electron chi connectivity index (χ4n) is 3.50. The number of anilines is 2. The highest BCUT2D eigenvalue weighted by Gasteiger charge is 2.34. The fourth-order valence-corrected chi connectivity index (χ4v) is 4.66. The van der Waals surface area contributed by atoms with Crippen molar-refractivity contribution in [1.29, 1.82) is 0 Å².